The molecule has 2 rings (SSSR count). The van der Waals surface area contributed by atoms with Crippen LogP contribution in [0.1, 0.15) is 38.8 Å². The summed E-state index contributed by atoms with van der Waals surface area (Å²) in [5.41, 5.74) is 3.89. The molecule has 0 aliphatic rings. The molecule has 0 aliphatic heterocycles. The summed E-state index contributed by atoms with van der Waals surface area (Å²) in [6, 6.07) is 11.8. The second-order valence-corrected chi connectivity index (χ2v) is 7.54. The van der Waals surface area contributed by atoms with Gasteiger partial charge < -0.3 is 4.55 Å². The van der Waals surface area contributed by atoms with Crippen LogP contribution in [0, 0.1) is 13.8 Å². The van der Waals surface area contributed by atoms with Crippen LogP contribution in [-0.4, -0.2) is 4.55 Å². The number of hydrogen-bond donors (Lipinski definition) is 1. The number of benzene rings is 2. The Morgan fingerprint density at radius 2 is 1.67 bits per heavy atom. The van der Waals surface area contributed by atoms with Crippen molar-refractivity contribution in [3.8, 4) is 0 Å². The number of hydrogen-bond acceptors (Lipinski definition) is 2. The molecule has 0 aliphatic carbocycles. The molecule has 0 aromatic heterocycles. The zero-order chi connectivity index (χ0) is 16.5. The first-order valence-electron chi connectivity index (χ1n) is 7.56. The van der Waals surface area contributed by atoms with Crippen LogP contribution < -0.4 is 4.72 Å². The standard InChI is InChI=1S/C18H23NOS/c1-13-7-6-8-14(2)17(13)19-21(20)16-11-9-15(10-12-16)18(3,4)5/h6-12,19H,1-5H3/t21-/m0/s1/i9D. The Balaban J connectivity index is 2.27. The Kier molecular flexibility index (Phi) is 4.22. The molecule has 0 amide bonds. The van der Waals surface area contributed by atoms with Crippen molar-refractivity contribution in [1.29, 1.82) is 0 Å². The Bertz CT molecular complexity index is 659. The molecule has 0 bridgehead atoms. The van der Waals surface area contributed by atoms with Crippen molar-refractivity contribution < 1.29 is 5.92 Å². The Hall–Kier alpha value is -1.45. The fourth-order valence-corrected chi connectivity index (χ4v) is 3.10. The van der Waals surface area contributed by atoms with Gasteiger partial charge in [0.15, 0.2) is 4.90 Å². The van der Waals surface area contributed by atoms with E-state index in [1.807, 2.05) is 44.2 Å². The van der Waals surface area contributed by atoms with Gasteiger partial charge in [-0.3, -0.25) is 0 Å². The second-order valence-electron chi connectivity index (χ2n) is 6.33. The summed E-state index contributed by atoms with van der Waals surface area (Å²) in [6.07, 6.45) is 0. The largest absolute Gasteiger partial charge is 0.588 e. The van der Waals surface area contributed by atoms with Crippen LogP contribution in [0.25, 0.3) is 0 Å². The summed E-state index contributed by atoms with van der Waals surface area (Å²) in [6.45, 7) is 10.2. The van der Waals surface area contributed by atoms with E-state index in [0.717, 1.165) is 22.4 Å². The monoisotopic (exact) mass is 302 g/mol. The first kappa shape index (κ1) is 14.5. The molecule has 0 spiro atoms. The lowest BCUT2D eigenvalue weighted by Crippen LogP contribution is -2.16. The van der Waals surface area contributed by atoms with Crippen LogP contribution in [0.2, 0.25) is 0 Å². The van der Waals surface area contributed by atoms with Gasteiger partial charge in [0.05, 0.1) is 7.06 Å². The summed E-state index contributed by atoms with van der Waals surface area (Å²) in [4.78, 5) is 0.626. The maximum atomic E-state index is 12.5. The third-order valence-corrected chi connectivity index (χ3v) is 4.55. The molecule has 0 fully saturated rings. The molecule has 0 unspecified atom stereocenters. The summed E-state index contributed by atoms with van der Waals surface area (Å²) in [5.74, 6) is 0. The maximum Gasteiger partial charge on any atom is 0.179 e. The SMILES string of the molecule is [2H]c1cc([S@+]([O-])Nc2c(C)cccc2C)ccc1C(C)(C)C. The van der Waals surface area contributed by atoms with Crippen LogP contribution >= 0.6 is 0 Å². The van der Waals surface area contributed by atoms with Gasteiger partial charge in [-0.1, -0.05) is 51.1 Å². The van der Waals surface area contributed by atoms with Crippen LogP contribution in [0.5, 0.6) is 0 Å². The second kappa shape index (κ2) is 6.12. The lowest BCUT2D eigenvalue weighted by Gasteiger charge is -2.20. The molecule has 0 radical (unpaired) electrons. The predicted molar refractivity (Wildman–Crippen MR) is 91.1 cm³/mol. The third kappa shape index (κ3) is 3.80. The van der Waals surface area contributed by atoms with Crippen molar-refractivity contribution in [3.05, 3.63) is 59.1 Å². The minimum Gasteiger partial charge on any atom is -0.588 e. The normalized spacial score (nSPS) is 13.7. The summed E-state index contributed by atoms with van der Waals surface area (Å²) < 4.78 is 23.8. The molecule has 1 atom stereocenters. The highest BCUT2D eigenvalue weighted by atomic mass is 32.2. The van der Waals surface area contributed by atoms with Crippen LogP contribution in [-0.2, 0) is 16.8 Å². The highest BCUT2D eigenvalue weighted by Gasteiger charge is 2.17. The smallest absolute Gasteiger partial charge is 0.179 e. The summed E-state index contributed by atoms with van der Waals surface area (Å²) in [7, 11) is 0. The van der Waals surface area contributed by atoms with Crippen molar-refractivity contribution >= 4 is 17.0 Å². The minimum atomic E-state index is -1.37. The zero-order valence-electron chi connectivity index (χ0n) is 14.3. The lowest BCUT2D eigenvalue weighted by atomic mass is 9.87. The fraction of sp³-hybridized carbons (Fsp3) is 0.333. The van der Waals surface area contributed by atoms with E-state index in [1.54, 1.807) is 6.07 Å². The Labute approximate surface area is 132 Å². The molecular weight excluding hydrogens is 278 g/mol. The molecule has 1 N–H and O–H groups in total. The zero-order valence-corrected chi connectivity index (χ0v) is 14.1. The van der Waals surface area contributed by atoms with E-state index in [0.29, 0.717) is 10.9 Å². The van der Waals surface area contributed by atoms with Crippen molar-refractivity contribution in [2.24, 2.45) is 0 Å². The highest BCUT2D eigenvalue weighted by molar-refractivity contribution is 7.92. The Morgan fingerprint density at radius 3 is 2.19 bits per heavy atom. The molecular formula is C18H23NOS. The van der Waals surface area contributed by atoms with Crippen LogP contribution in [0.15, 0.2) is 47.3 Å². The van der Waals surface area contributed by atoms with E-state index in [4.69, 9.17) is 1.37 Å². The highest BCUT2D eigenvalue weighted by Crippen LogP contribution is 2.26. The van der Waals surface area contributed by atoms with Crippen molar-refractivity contribution in [1.82, 2.24) is 0 Å². The van der Waals surface area contributed by atoms with Gasteiger partial charge in [-0.25, -0.2) is 4.72 Å². The molecule has 2 aromatic rings. The van der Waals surface area contributed by atoms with E-state index >= 15 is 0 Å². The first-order chi connectivity index (χ1) is 10.2. The van der Waals surface area contributed by atoms with Gasteiger partial charge in [-0.15, -0.1) is 0 Å². The van der Waals surface area contributed by atoms with E-state index in [1.165, 1.54) is 0 Å². The Morgan fingerprint density at radius 1 is 1.05 bits per heavy atom. The third-order valence-electron chi connectivity index (χ3n) is 3.48. The van der Waals surface area contributed by atoms with Gasteiger partial charge in [0.2, 0.25) is 0 Å². The molecule has 0 saturated carbocycles. The number of para-hydroxylation sites is 1. The van der Waals surface area contributed by atoms with Crippen LogP contribution in [0.3, 0.4) is 0 Å². The van der Waals surface area contributed by atoms with Gasteiger partial charge in [-0.2, -0.15) is 0 Å². The van der Waals surface area contributed by atoms with Crippen molar-refractivity contribution in [3.63, 3.8) is 0 Å². The van der Waals surface area contributed by atoms with Gasteiger partial charge >= 0.3 is 0 Å². The predicted octanol–water partition coefficient (Wildman–Crippen LogP) is 4.74. The first-order valence-corrected chi connectivity index (χ1v) is 8.21. The lowest BCUT2D eigenvalue weighted by molar-refractivity contribution is 0.587. The fourth-order valence-electron chi connectivity index (χ4n) is 2.12. The number of nitrogens with one attached hydrogen (secondary N) is 1. The number of rotatable bonds is 3. The summed E-state index contributed by atoms with van der Waals surface area (Å²) in [5, 5.41) is 0. The number of anilines is 1. The molecule has 0 heterocycles. The molecule has 2 nitrogen and oxygen atoms in total. The van der Waals surface area contributed by atoms with Gasteiger partial charge in [-0.05, 0) is 48.1 Å². The van der Waals surface area contributed by atoms with E-state index in [2.05, 4.69) is 25.5 Å². The molecule has 2 aromatic carbocycles. The number of aryl methyl sites for hydroxylation is 2. The quantitative estimate of drug-likeness (QED) is 0.831. The van der Waals surface area contributed by atoms with Crippen molar-refractivity contribution in [2.75, 3.05) is 4.72 Å². The molecule has 21 heavy (non-hydrogen) atoms. The maximum absolute atomic E-state index is 12.5. The average molecular weight is 302 g/mol. The molecule has 0 saturated heterocycles. The molecule has 112 valence electrons. The minimum absolute atomic E-state index is 0.0862. The van der Waals surface area contributed by atoms with Crippen LogP contribution in [0.4, 0.5) is 5.69 Å². The van der Waals surface area contributed by atoms with Gasteiger partial charge in [0, 0.05) is 0 Å². The van der Waals surface area contributed by atoms with E-state index < -0.39 is 11.4 Å². The molecule has 3 heteroatoms. The van der Waals surface area contributed by atoms with Gasteiger partial charge in [0.25, 0.3) is 0 Å². The summed E-state index contributed by atoms with van der Waals surface area (Å²) >= 11 is -1.37. The van der Waals surface area contributed by atoms with E-state index in [9.17, 15) is 4.55 Å². The topological polar surface area (TPSA) is 35.1 Å². The average Bonchev–Trinajstić information content (AvgIpc) is 2.41. The van der Waals surface area contributed by atoms with Crippen molar-refractivity contribution in [2.45, 2.75) is 44.9 Å². The van der Waals surface area contributed by atoms with E-state index in [-0.39, 0.29) is 5.41 Å². The van der Waals surface area contributed by atoms with Gasteiger partial charge in [0.1, 0.15) is 11.4 Å².